The highest BCUT2D eigenvalue weighted by Gasteiger charge is 2.18. The van der Waals surface area contributed by atoms with Crippen molar-refractivity contribution in [1.82, 2.24) is 9.97 Å². The van der Waals surface area contributed by atoms with Crippen molar-refractivity contribution in [2.45, 2.75) is 26.2 Å². The summed E-state index contributed by atoms with van der Waals surface area (Å²) < 4.78 is 5.41. The van der Waals surface area contributed by atoms with Gasteiger partial charge in [0.05, 0.1) is 23.8 Å². The second-order valence-corrected chi connectivity index (χ2v) is 8.45. The van der Waals surface area contributed by atoms with Crippen LogP contribution in [-0.2, 0) is 5.41 Å². The van der Waals surface area contributed by atoms with Crippen molar-refractivity contribution >= 4 is 21.7 Å². The zero-order valence-corrected chi connectivity index (χ0v) is 16.8. The normalized spacial score (nSPS) is 12.0. The molecule has 29 heavy (non-hydrogen) atoms. The van der Waals surface area contributed by atoms with Gasteiger partial charge in [-0.05, 0) is 58.1 Å². The maximum Gasteiger partial charge on any atom is 0.152 e. The van der Waals surface area contributed by atoms with Gasteiger partial charge in [0, 0.05) is 22.7 Å². The predicted octanol–water partition coefficient (Wildman–Crippen LogP) is 7.01. The highest BCUT2D eigenvalue weighted by Crippen LogP contribution is 2.35. The first-order valence-electron chi connectivity index (χ1n) is 9.82. The Kier molecular flexibility index (Phi) is 3.99. The highest BCUT2D eigenvalue weighted by atomic mass is 16.3. The van der Waals surface area contributed by atoms with Gasteiger partial charge in [-0.2, -0.15) is 0 Å². The van der Waals surface area contributed by atoms with E-state index in [0.29, 0.717) is 0 Å². The number of hydrogen-bond donors (Lipinski definition) is 0. The molecule has 0 bridgehead atoms. The molecule has 142 valence electrons. The first-order chi connectivity index (χ1) is 14.0. The van der Waals surface area contributed by atoms with E-state index in [1.807, 2.05) is 18.3 Å². The van der Waals surface area contributed by atoms with Crippen molar-refractivity contribution in [3.05, 3.63) is 84.9 Å². The first-order valence-corrected chi connectivity index (χ1v) is 9.82. The minimum atomic E-state index is 0.0428. The van der Waals surface area contributed by atoms with Crippen LogP contribution < -0.4 is 0 Å². The average molecular weight is 378 g/mol. The minimum Gasteiger partial charge on any atom is -0.463 e. The van der Waals surface area contributed by atoms with Crippen molar-refractivity contribution in [2.75, 3.05) is 0 Å². The topological polar surface area (TPSA) is 38.9 Å². The van der Waals surface area contributed by atoms with Gasteiger partial charge in [0.15, 0.2) is 5.58 Å². The lowest BCUT2D eigenvalue weighted by Crippen LogP contribution is -2.12. The molecule has 0 fully saturated rings. The van der Waals surface area contributed by atoms with Crippen molar-refractivity contribution in [3.8, 4) is 22.5 Å². The molecule has 3 heteroatoms. The molecule has 3 heterocycles. The Labute approximate surface area is 170 Å². The van der Waals surface area contributed by atoms with Crippen LogP contribution in [0.15, 0.2) is 83.7 Å². The lowest BCUT2D eigenvalue weighted by molar-refractivity contribution is 0.596. The van der Waals surface area contributed by atoms with Crippen molar-refractivity contribution in [3.63, 3.8) is 0 Å². The summed E-state index contributed by atoms with van der Waals surface area (Å²) in [6.07, 6.45) is 5.33. The average Bonchev–Trinajstić information content (AvgIpc) is 3.20. The summed E-state index contributed by atoms with van der Waals surface area (Å²) in [6, 6.07) is 21.2. The Morgan fingerprint density at radius 1 is 0.759 bits per heavy atom. The van der Waals surface area contributed by atoms with Gasteiger partial charge in [-0.1, -0.05) is 45.0 Å². The van der Waals surface area contributed by atoms with Crippen LogP contribution in [0.1, 0.15) is 26.3 Å². The molecule has 0 radical (unpaired) electrons. The van der Waals surface area contributed by atoms with Crippen LogP contribution in [0.3, 0.4) is 0 Å². The van der Waals surface area contributed by atoms with Gasteiger partial charge in [0.1, 0.15) is 0 Å². The molecule has 0 saturated heterocycles. The zero-order chi connectivity index (χ0) is 20.0. The third-order valence-electron chi connectivity index (χ3n) is 5.36. The van der Waals surface area contributed by atoms with Crippen LogP contribution in [0.25, 0.3) is 44.3 Å². The molecule has 0 amide bonds. The van der Waals surface area contributed by atoms with E-state index in [4.69, 9.17) is 4.42 Å². The zero-order valence-electron chi connectivity index (χ0n) is 16.8. The van der Waals surface area contributed by atoms with Gasteiger partial charge in [-0.15, -0.1) is 0 Å². The summed E-state index contributed by atoms with van der Waals surface area (Å²) in [6.45, 7) is 6.77. The van der Waals surface area contributed by atoms with Gasteiger partial charge in [0.2, 0.25) is 0 Å². The molecule has 0 atom stereocenters. The van der Waals surface area contributed by atoms with E-state index in [0.717, 1.165) is 33.5 Å². The van der Waals surface area contributed by atoms with Gasteiger partial charge < -0.3 is 4.42 Å². The SMILES string of the molecule is CC(C)(C)c1cc(-c2cc(-c3cc4ccoc4cn3)ccn2)cc2ccccc12. The van der Waals surface area contributed by atoms with E-state index in [9.17, 15) is 0 Å². The van der Waals surface area contributed by atoms with Crippen molar-refractivity contribution < 1.29 is 4.42 Å². The molecule has 2 aromatic carbocycles. The second-order valence-electron chi connectivity index (χ2n) is 8.45. The highest BCUT2D eigenvalue weighted by molar-refractivity contribution is 5.91. The summed E-state index contributed by atoms with van der Waals surface area (Å²) in [5.41, 5.74) is 6.21. The van der Waals surface area contributed by atoms with E-state index < -0.39 is 0 Å². The number of pyridine rings is 2. The number of rotatable bonds is 2. The molecule has 5 rings (SSSR count). The molecule has 3 aromatic heterocycles. The van der Waals surface area contributed by atoms with Gasteiger partial charge in [0.25, 0.3) is 0 Å². The first kappa shape index (κ1) is 17.6. The minimum absolute atomic E-state index is 0.0428. The Balaban J connectivity index is 1.66. The molecule has 3 nitrogen and oxygen atoms in total. The molecule has 0 aliphatic rings. The lowest BCUT2D eigenvalue weighted by atomic mass is 9.82. The summed E-state index contributed by atoms with van der Waals surface area (Å²) in [5, 5.41) is 3.58. The Morgan fingerprint density at radius 2 is 1.59 bits per heavy atom. The standard InChI is InChI=1S/C26H22N2O/c1-26(2,3)22-13-20(12-17-6-4-5-7-21(17)22)24-14-18(8-10-27-24)23-15-19-9-11-29-25(19)16-28-23/h4-16H,1-3H3. The maximum atomic E-state index is 5.41. The van der Waals surface area contributed by atoms with E-state index in [1.54, 1.807) is 12.5 Å². The monoisotopic (exact) mass is 378 g/mol. The fraction of sp³-hybridized carbons (Fsp3) is 0.154. The number of fused-ring (bicyclic) bond motifs is 2. The molecular formula is C26H22N2O. The quantitative estimate of drug-likeness (QED) is 0.332. The molecule has 0 N–H and O–H groups in total. The molecule has 5 aromatic rings. The fourth-order valence-electron chi connectivity index (χ4n) is 3.85. The Bertz CT molecular complexity index is 1340. The summed E-state index contributed by atoms with van der Waals surface area (Å²) in [4.78, 5) is 9.24. The van der Waals surface area contributed by atoms with Crippen LogP contribution in [-0.4, -0.2) is 9.97 Å². The largest absolute Gasteiger partial charge is 0.463 e. The summed E-state index contributed by atoms with van der Waals surface area (Å²) in [7, 11) is 0. The second kappa shape index (κ2) is 6.56. The summed E-state index contributed by atoms with van der Waals surface area (Å²) >= 11 is 0. The fourth-order valence-corrected chi connectivity index (χ4v) is 3.85. The molecule has 0 saturated carbocycles. The smallest absolute Gasteiger partial charge is 0.152 e. The van der Waals surface area contributed by atoms with Crippen LogP contribution in [0.2, 0.25) is 0 Å². The van der Waals surface area contributed by atoms with Crippen LogP contribution in [0, 0.1) is 0 Å². The number of benzene rings is 2. The number of nitrogens with zero attached hydrogens (tertiary/aromatic N) is 2. The third kappa shape index (κ3) is 3.19. The molecule has 0 aliphatic carbocycles. The van der Waals surface area contributed by atoms with E-state index in [2.05, 4.69) is 79.3 Å². The molecular weight excluding hydrogens is 356 g/mol. The predicted molar refractivity (Wildman–Crippen MR) is 119 cm³/mol. The molecule has 0 unspecified atom stereocenters. The number of furan rings is 1. The van der Waals surface area contributed by atoms with Gasteiger partial charge >= 0.3 is 0 Å². The van der Waals surface area contributed by atoms with Crippen LogP contribution >= 0.6 is 0 Å². The van der Waals surface area contributed by atoms with Crippen LogP contribution in [0.4, 0.5) is 0 Å². The van der Waals surface area contributed by atoms with Crippen LogP contribution in [0.5, 0.6) is 0 Å². The Hall–Kier alpha value is -3.46. The van der Waals surface area contributed by atoms with E-state index >= 15 is 0 Å². The van der Waals surface area contributed by atoms with Crippen molar-refractivity contribution in [1.29, 1.82) is 0 Å². The lowest BCUT2D eigenvalue weighted by Gasteiger charge is -2.22. The number of aromatic nitrogens is 2. The third-order valence-corrected chi connectivity index (χ3v) is 5.36. The van der Waals surface area contributed by atoms with E-state index in [1.165, 1.54) is 16.3 Å². The van der Waals surface area contributed by atoms with Crippen molar-refractivity contribution in [2.24, 2.45) is 0 Å². The molecule has 0 spiro atoms. The number of hydrogen-bond acceptors (Lipinski definition) is 3. The van der Waals surface area contributed by atoms with E-state index in [-0.39, 0.29) is 5.41 Å². The summed E-state index contributed by atoms with van der Waals surface area (Å²) in [5.74, 6) is 0. The van der Waals surface area contributed by atoms with Gasteiger partial charge in [-0.3, -0.25) is 9.97 Å². The maximum absolute atomic E-state index is 5.41. The van der Waals surface area contributed by atoms with Gasteiger partial charge in [-0.25, -0.2) is 0 Å². The molecule has 0 aliphatic heterocycles. The Morgan fingerprint density at radius 3 is 2.45 bits per heavy atom.